The average molecular weight is 387 g/mol. The molecule has 0 spiro atoms. The Balaban J connectivity index is 0.00000117. The van der Waals surface area contributed by atoms with E-state index >= 15 is 0 Å². The number of nitrogens with one attached hydrogen (secondary N) is 1. The van der Waals surface area contributed by atoms with Crippen LogP contribution in [-0.2, 0) is 19.5 Å². The minimum atomic E-state index is 0.766. The van der Waals surface area contributed by atoms with Crippen LogP contribution >= 0.6 is 24.2 Å². The zero-order chi connectivity index (χ0) is 18.8. The molecule has 1 aromatic heterocycles. The summed E-state index contributed by atoms with van der Waals surface area (Å²) in [4.78, 5) is 5.18. The lowest BCUT2D eigenvalue weighted by molar-refractivity contribution is 0.399. The van der Waals surface area contributed by atoms with E-state index in [1.807, 2.05) is 30.5 Å². The van der Waals surface area contributed by atoms with Crippen molar-refractivity contribution >= 4 is 24.2 Å². The van der Waals surface area contributed by atoms with Gasteiger partial charge in [-0.25, -0.2) is 0 Å². The van der Waals surface area contributed by atoms with Gasteiger partial charge in [0, 0.05) is 42.5 Å². The number of aliphatic hydroxyl groups is 1. The van der Waals surface area contributed by atoms with Crippen molar-refractivity contribution in [2.24, 2.45) is 0 Å². The molecule has 0 unspecified atom stereocenters. The zero-order valence-corrected chi connectivity index (χ0v) is 16.3. The van der Waals surface area contributed by atoms with Gasteiger partial charge in [-0.15, -0.1) is 12.6 Å². The van der Waals surface area contributed by atoms with E-state index in [0.717, 1.165) is 36.5 Å². The summed E-state index contributed by atoms with van der Waals surface area (Å²) >= 11 is 10.6. The first-order valence-electron chi connectivity index (χ1n) is 8.30. The van der Waals surface area contributed by atoms with Gasteiger partial charge in [0.05, 0.1) is 0 Å². The largest absolute Gasteiger partial charge is 0.400 e. The molecule has 0 fully saturated rings. The van der Waals surface area contributed by atoms with Crippen molar-refractivity contribution in [3.63, 3.8) is 0 Å². The predicted molar refractivity (Wildman–Crippen MR) is 111 cm³/mol. The van der Waals surface area contributed by atoms with Crippen LogP contribution in [0.25, 0.3) is 0 Å². The van der Waals surface area contributed by atoms with Gasteiger partial charge in [0.25, 0.3) is 0 Å². The first-order chi connectivity index (χ1) is 12.7. The summed E-state index contributed by atoms with van der Waals surface area (Å²) in [5.41, 5.74) is 4.85. The van der Waals surface area contributed by atoms with Crippen LogP contribution in [0.3, 0.4) is 0 Å². The van der Waals surface area contributed by atoms with Crippen LogP contribution in [0, 0.1) is 0 Å². The van der Waals surface area contributed by atoms with Crippen molar-refractivity contribution in [1.82, 2.24) is 10.3 Å². The van der Waals surface area contributed by atoms with Crippen LogP contribution in [0.2, 0.25) is 5.02 Å². The van der Waals surface area contributed by atoms with Gasteiger partial charge < -0.3 is 10.4 Å². The third kappa shape index (κ3) is 6.46. The third-order valence-corrected chi connectivity index (χ3v) is 4.48. The minimum absolute atomic E-state index is 0.766. The summed E-state index contributed by atoms with van der Waals surface area (Å²) in [5.74, 6) is 0. The Morgan fingerprint density at radius 2 is 1.77 bits per heavy atom. The lowest BCUT2D eigenvalue weighted by atomic mass is 10.0. The van der Waals surface area contributed by atoms with E-state index in [-0.39, 0.29) is 0 Å². The maximum Gasteiger partial charge on any atom is 0.0409 e. The topological polar surface area (TPSA) is 45.2 Å². The van der Waals surface area contributed by atoms with E-state index in [0.29, 0.717) is 0 Å². The van der Waals surface area contributed by atoms with Gasteiger partial charge in [-0.2, -0.15) is 0 Å². The zero-order valence-electron chi connectivity index (χ0n) is 14.7. The van der Waals surface area contributed by atoms with Gasteiger partial charge in [0.2, 0.25) is 0 Å². The maximum absolute atomic E-state index is 7.00. The van der Waals surface area contributed by atoms with Crippen LogP contribution in [0.4, 0.5) is 0 Å². The normalized spacial score (nSPS) is 10.2. The Morgan fingerprint density at radius 3 is 2.50 bits per heavy atom. The highest BCUT2D eigenvalue weighted by molar-refractivity contribution is 7.80. The molecule has 0 aliphatic carbocycles. The number of hydrogen-bond donors (Lipinski definition) is 3. The smallest absolute Gasteiger partial charge is 0.0409 e. The molecule has 0 aliphatic heterocycles. The van der Waals surface area contributed by atoms with Gasteiger partial charge in [0.1, 0.15) is 0 Å². The Morgan fingerprint density at radius 1 is 0.962 bits per heavy atom. The second-order valence-electron chi connectivity index (χ2n) is 5.73. The highest BCUT2D eigenvalue weighted by Crippen LogP contribution is 2.18. The van der Waals surface area contributed by atoms with E-state index in [2.05, 4.69) is 53.3 Å². The molecular formula is C21H23ClN2OS. The summed E-state index contributed by atoms with van der Waals surface area (Å²) in [6.45, 7) is 1.55. The number of aromatic nitrogens is 1. The van der Waals surface area contributed by atoms with Crippen molar-refractivity contribution in [3.05, 3.63) is 94.3 Å². The molecule has 3 nitrogen and oxygen atoms in total. The lowest BCUT2D eigenvalue weighted by Gasteiger charge is -2.10. The molecule has 2 aromatic carbocycles. The fourth-order valence-electron chi connectivity index (χ4n) is 2.62. The fourth-order valence-corrected chi connectivity index (χ4v) is 3.05. The summed E-state index contributed by atoms with van der Waals surface area (Å²) in [5, 5.41) is 11.2. The lowest BCUT2D eigenvalue weighted by Crippen LogP contribution is -2.13. The first-order valence-corrected chi connectivity index (χ1v) is 9.13. The van der Waals surface area contributed by atoms with Crippen LogP contribution in [0.1, 0.15) is 22.3 Å². The van der Waals surface area contributed by atoms with Crippen molar-refractivity contribution in [1.29, 1.82) is 0 Å². The Bertz CT molecular complexity index is 812. The highest BCUT2D eigenvalue weighted by atomic mass is 35.5. The molecule has 0 aliphatic rings. The van der Waals surface area contributed by atoms with E-state index in [1.165, 1.54) is 22.3 Å². The molecule has 5 heteroatoms. The molecule has 0 bridgehead atoms. The number of rotatable bonds is 6. The third-order valence-electron chi connectivity index (χ3n) is 3.81. The number of halogens is 1. The van der Waals surface area contributed by atoms with Gasteiger partial charge in [-0.1, -0.05) is 41.9 Å². The molecule has 0 saturated carbocycles. The van der Waals surface area contributed by atoms with Crippen molar-refractivity contribution in [2.75, 3.05) is 7.11 Å². The number of pyridine rings is 1. The van der Waals surface area contributed by atoms with Crippen LogP contribution in [-0.4, -0.2) is 17.2 Å². The molecule has 3 aromatic rings. The molecule has 3 rings (SSSR count). The molecule has 0 amide bonds. The minimum Gasteiger partial charge on any atom is -0.400 e. The standard InChI is InChI=1S/C20H19ClN2S.CH4O/c21-19-5-1-3-17(11-19)13-23-14-18-10-15(6-7-20(18)24)9-16-4-2-8-22-12-16;1-2/h1-8,10-12,23-24H,9,13-14H2;2H,1H3. The van der Waals surface area contributed by atoms with Gasteiger partial charge in [-0.05, 0) is 52.9 Å². The summed E-state index contributed by atoms with van der Waals surface area (Å²) < 4.78 is 0. The molecule has 136 valence electrons. The first kappa shape index (κ1) is 20.5. The van der Waals surface area contributed by atoms with Gasteiger partial charge in [0.15, 0.2) is 0 Å². The van der Waals surface area contributed by atoms with E-state index in [4.69, 9.17) is 16.7 Å². The van der Waals surface area contributed by atoms with E-state index in [1.54, 1.807) is 6.20 Å². The average Bonchev–Trinajstić information content (AvgIpc) is 2.67. The number of nitrogens with zero attached hydrogens (tertiary/aromatic N) is 1. The van der Waals surface area contributed by atoms with Crippen molar-refractivity contribution in [3.8, 4) is 0 Å². The number of benzene rings is 2. The maximum atomic E-state index is 7.00. The SMILES string of the molecule is CO.Sc1ccc(Cc2cccnc2)cc1CNCc1cccc(Cl)c1. The second kappa shape index (κ2) is 11.0. The summed E-state index contributed by atoms with van der Waals surface area (Å²) in [6, 6.07) is 18.4. The molecule has 1 heterocycles. The van der Waals surface area contributed by atoms with Gasteiger partial charge in [-0.3, -0.25) is 4.98 Å². The molecule has 0 atom stereocenters. The van der Waals surface area contributed by atoms with Crippen LogP contribution < -0.4 is 5.32 Å². The van der Waals surface area contributed by atoms with Crippen LogP contribution in [0.5, 0.6) is 0 Å². The summed E-state index contributed by atoms with van der Waals surface area (Å²) in [6.07, 6.45) is 4.58. The quantitative estimate of drug-likeness (QED) is 0.546. The Labute approximate surface area is 165 Å². The number of hydrogen-bond acceptors (Lipinski definition) is 4. The molecule has 0 saturated heterocycles. The number of aliphatic hydroxyl groups excluding tert-OH is 1. The molecule has 26 heavy (non-hydrogen) atoms. The van der Waals surface area contributed by atoms with E-state index < -0.39 is 0 Å². The van der Waals surface area contributed by atoms with Crippen LogP contribution in [0.15, 0.2) is 71.9 Å². The molecular weight excluding hydrogens is 364 g/mol. The van der Waals surface area contributed by atoms with Crippen molar-refractivity contribution in [2.45, 2.75) is 24.4 Å². The summed E-state index contributed by atoms with van der Waals surface area (Å²) in [7, 11) is 1.00. The van der Waals surface area contributed by atoms with E-state index in [9.17, 15) is 0 Å². The number of thiol groups is 1. The molecule has 0 radical (unpaired) electrons. The van der Waals surface area contributed by atoms with Crippen molar-refractivity contribution < 1.29 is 5.11 Å². The molecule has 2 N–H and O–H groups in total. The Hall–Kier alpha value is -1.85. The second-order valence-corrected chi connectivity index (χ2v) is 6.65. The monoisotopic (exact) mass is 386 g/mol. The fraction of sp³-hybridized carbons (Fsp3) is 0.190. The van der Waals surface area contributed by atoms with Gasteiger partial charge >= 0.3 is 0 Å². The predicted octanol–water partition coefficient (Wildman–Crippen LogP) is 4.51. The Kier molecular flexibility index (Phi) is 8.65. The highest BCUT2D eigenvalue weighted by Gasteiger charge is 2.03.